The fourth-order valence-electron chi connectivity index (χ4n) is 2.80. The molecule has 0 amide bonds. The minimum atomic E-state index is 0.656. The van der Waals surface area contributed by atoms with Crippen LogP contribution >= 0.6 is 0 Å². The van der Waals surface area contributed by atoms with Crippen molar-refractivity contribution in [3.05, 3.63) is 29.8 Å². The van der Waals surface area contributed by atoms with Gasteiger partial charge in [0, 0.05) is 6.54 Å². The summed E-state index contributed by atoms with van der Waals surface area (Å²) in [7, 11) is 0. The molecule has 0 saturated carbocycles. The zero-order valence-corrected chi connectivity index (χ0v) is 12.3. The van der Waals surface area contributed by atoms with Gasteiger partial charge < -0.3 is 4.74 Å². The van der Waals surface area contributed by atoms with Gasteiger partial charge in [-0.25, -0.2) is 0 Å². The van der Waals surface area contributed by atoms with Gasteiger partial charge in [-0.05, 0) is 56.5 Å². The number of ether oxygens (including phenoxy) is 1. The maximum atomic E-state index is 8.86. The number of likely N-dealkylation sites (tertiary alicyclic amines) is 1. The zero-order valence-electron chi connectivity index (χ0n) is 12.3. The number of hydrogen-bond donors (Lipinski definition) is 0. The highest BCUT2D eigenvalue weighted by atomic mass is 16.5. The highest BCUT2D eigenvalue weighted by molar-refractivity contribution is 5.36. The third-order valence-corrected chi connectivity index (χ3v) is 4.16. The molecule has 1 atom stereocenters. The molecular weight excluding hydrogens is 248 g/mol. The van der Waals surface area contributed by atoms with Gasteiger partial charge in [-0.1, -0.05) is 19.4 Å². The van der Waals surface area contributed by atoms with Crippen molar-refractivity contribution >= 4 is 0 Å². The maximum Gasteiger partial charge on any atom is 0.120 e. The third-order valence-electron chi connectivity index (χ3n) is 4.16. The van der Waals surface area contributed by atoms with Gasteiger partial charge in [0.1, 0.15) is 12.4 Å². The van der Waals surface area contributed by atoms with Crippen molar-refractivity contribution in [2.24, 2.45) is 5.92 Å². The standard InChI is InChI=1S/C17H24N2O/c1-2-15-6-4-9-19(10-8-15)11-12-20-17-7-3-5-16(13-17)14-18/h3,5,7,13,15H,2,4,6,8-12H2,1H3. The van der Waals surface area contributed by atoms with Crippen LogP contribution in [0.2, 0.25) is 0 Å². The van der Waals surface area contributed by atoms with Crippen LogP contribution < -0.4 is 4.74 Å². The fraction of sp³-hybridized carbons (Fsp3) is 0.588. The summed E-state index contributed by atoms with van der Waals surface area (Å²) in [6, 6.07) is 9.52. The first-order valence-corrected chi connectivity index (χ1v) is 7.67. The van der Waals surface area contributed by atoms with E-state index >= 15 is 0 Å². The summed E-state index contributed by atoms with van der Waals surface area (Å²) in [5, 5.41) is 8.86. The SMILES string of the molecule is CCC1CCCN(CCOc2cccc(C#N)c2)CC1. The molecule has 0 spiro atoms. The Morgan fingerprint density at radius 2 is 2.25 bits per heavy atom. The molecule has 0 radical (unpaired) electrons. The average molecular weight is 272 g/mol. The van der Waals surface area contributed by atoms with Crippen LogP contribution in [0.3, 0.4) is 0 Å². The number of hydrogen-bond acceptors (Lipinski definition) is 3. The van der Waals surface area contributed by atoms with Crippen molar-refractivity contribution in [1.82, 2.24) is 4.90 Å². The molecule has 0 bridgehead atoms. The molecule has 3 nitrogen and oxygen atoms in total. The summed E-state index contributed by atoms with van der Waals surface area (Å²) in [5.74, 6) is 1.71. The van der Waals surface area contributed by atoms with E-state index in [4.69, 9.17) is 10.00 Å². The number of rotatable bonds is 5. The van der Waals surface area contributed by atoms with Crippen LogP contribution in [0.25, 0.3) is 0 Å². The van der Waals surface area contributed by atoms with E-state index in [0.717, 1.165) is 18.2 Å². The molecule has 1 fully saturated rings. The monoisotopic (exact) mass is 272 g/mol. The largest absolute Gasteiger partial charge is 0.492 e. The van der Waals surface area contributed by atoms with E-state index in [2.05, 4.69) is 17.9 Å². The highest BCUT2D eigenvalue weighted by Crippen LogP contribution is 2.20. The predicted molar refractivity (Wildman–Crippen MR) is 80.7 cm³/mol. The first-order valence-electron chi connectivity index (χ1n) is 7.67. The summed E-state index contributed by atoms with van der Waals surface area (Å²) >= 11 is 0. The van der Waals surface area contributed by atoms with Gasteiger partial charge >= 0.3 is 0 Å². The molecule has 1 saturated heterocycles. The summed E-state index contributed by atoms with van der Waals surface area (Å²) < 4.78 is 5.75. The van der Waals surface area contributed by atoms with E-state index in [1.54, 1.807) is 12.1 Å². The lowest BCUT2D eigenvalue weighted by atomic mass is 9.98. The van der Waals surface area contributed by atoms with Crippen LogP contribution in [0.4, 0.5) is 0 Å². The van der Waals surface area contributed by atoms with Crippen molar-refractivity contribution in [2.45, 2.75) is 32.6 Å². The normalized spacial score (nSPS) is 20.1. The Bertz CT molecular complexity index is 453. The first kappa shape index (κ1) is 14.9. The Labute approximate surface area is 122 Å². The summed E-state index contributed by atoms with van der Waals surface area (Å²) in [5.41, 5.74) is 0.656. The molecule has 2 rings (SSSR count). The number of benzene rings is 1. The van der Waals surface area contributed by atoms with Gasteiger partial charge in [-0.3, -0.25) is 4.90 Å². The van der Waals surface area contributed by atoms with Crippen molar-refractivity contribution in [3.63, 3.8) is 0 Å². The van der Waals surface area contributed by atoms with Crippen molar-refractivity contribution in [2.75, 3.05) is 26.2 Å². The Balaban J connectivity index is 1.74. The Morgan fingerprint density at radius 3 is 3.05 bits per heavy atom. The Kier molecular flexibility index (Phi) is 5.88. The van der Waals surface area contributed by atoms with E-state index in [1.165, 1.54) is 38.8 Å². The van der Waals surface area contributed by atoms with Crippen LogP contribution in [-0.4, -0.2) is 31.1 Å². The van der Waals surface area contributed by atoms with Gasteiger partial charge in [-0.15, -0.1) is 0 Å². The number of nitrogens with zero attached hydrogens (tertiary/aromatic N) is 2. The quantitative estimate of drug-likeness (QED) is 0.823. The van der Waals surface area contributed by atoms with Crippen molar-refractivity contribution < 1.29 is 4.74 Å². The molecule has 108 valence electrons. The number of nitriles is 1. The summed E-state index contributed by atoms with van der Waals surface area (Å²) in [6.45, 7) is 6.36. The zero-order chi connectivity index (χ0) is 14.2. The van der Waals surface area contributed by atoms with Crippen molar-refractivity contribution in [3.8, 4) is 11.8 Å². The lowest BCUT2D eigenvalue weighted by Gasteiger charge is -2.20. The van der Waals surface area contributed by atoms with Crippen LogP contribution in [0.15, 0.2) is 24.3 Å². The van der Waals surface area contributed by atoms with Gasteiger partial charge in [0.05, 0.1) is 11.6 Å². The molecule has 1 heterocycles. The van der Waals surface area contributed by atoms with Gasteiger partial charge in [0.15, 0.2) is 0 Å². The van der Waals surface area contributed by atoms with Crippen LogP contribution in [0.1, 0.15) is 38.2 Å². The minimum Gasteiger partial charge on any atom is -0.492 e. The lowest BCUT2D eigenvalue weighted by molar-refractivity contribution is 0.212. The van der Waals surface area contributed by atoms with Crippen LogP contribution in [0, 0.1) is 17.2 Å². The molecule has 0 N–H and O–H groups in total. The lowest BCUT2D eigenvalue weighted by Crippen LogP contribution is -2.29. The summed E-state index contributed by atoms with van der Waals surface area (Å²) in [6.07, 6.45) is 5.31. The van der Waals surface area contributed by atoms with E-state index in [9.17, 15) is 0 Å². The second kappa shape index (κ2) is 7.91. The van der Waals surface area contributed by atoms with Crippen molar-refractivity contribution in [1.29, 1.82) is 5.26 Å². The smallest absolute Gasteiger partial charge is 0.120 e. The predicted octanol–water partition coefficient (Wildman–Crippen LogP) is 3.45. The second-order valence-corrected chi connectivity index (χ2v) is 5.53. The molecule has 1 aliphatic heterocycles. The van der Waals surface area contributed by atoms with Crippen LogP contribution in [0.5, 0.6) is 5.75 Å². The molecule has 1 aliphatic rings. The second-order valence-electron chi connectivity index (χ2n) is 5.53. The Morgan fingerprint density at radius 1 is 1.35 bits per heavy atom. The van der Waals surface area contributed by atoms with Crippen LogP contribution in [-0.2, 0) is 0 Å². The van der Waals surface area contributed by atoms with E-state index in [-0.39, 0.29) is 0 Å². The van der Waals surface area contributed by atoms with E-state index < -0.39 is 0 Å². The molecular formula is C17H24N2O. The van der Waals surface area contributed by atoms with E-state index in [1.807, 2.05) is 12.1 Å². The molecule has 0 aliphatic carbocycles. The first-order chi connectivity index (χ1) is 9.81. The topological polar surface area (TPSA) is 36.3 Å². The third kappa shape index (κ3) is 4.54. The molecule has 3 heteroatoms. The average Bonchev–Trinajstić information content (AvgIpc) is 2.73. The maximum absolute atomic E-state index is 8.86. The molecule has 1 unspecified atom stereocenters. The molecule has 1 aromatic carbocycles. The minimum absolute atomic E-state index is 0.656. The highest BCUT2D eigenvalue weighted by Gasteiger charge is 2.15. The Hall–Kier alpha value is -1.53. The molecule has 1 aromatic rings. The van der Waals surface area contributed by atoms with Gasteiger partial charge in [0.2, 0.25) is 0 Å². The fourth-order valence-corrected chi connectivity index (χ4v) is 2.80. The van der Waals surface area contributed by atoms with E-state index in [0.29, 0.717) is 12.2 Å². The molecule has 20 heavy (non-hydrogen) atoms. The molecule has 0 aromatic heterocycles. The van der Waals surface area contributed by atoms with Gasteiger partial charge in [0.25, 0.3) is 0 Å². The summed E-state index contributed by atoms with van der Waals surface area (Å²) in [4.78, 5) is 2.50. The van der Waals surface area contributed by atoms with Gasteiger partial charge in [-0.2, -0.15) is 5.26 Å².